The standard InChI is InChI=1S/C24H25BrN2O6S2/c25-20-13-9-18(10-14-20)19-11-15-22(16-12-19)35(32,33)27-23(24(28)29)8-4-5-17-26-34(30,31)21-6-2-1-3-7-21/h1-3,6-7,9-16,23,26-27H,4-5,8,17H2,(H,28,29). The maximum atomic E-state index is 12.7. The lowest BCUT2D eigenvalue weighted by atomic mass is 10.1. The first kappa shape index (κ1) is 27.0. The molecule has 8 nitrogen and oxygen atoms in total. The molecule has 0 radical (unpaired) electrons. The van der Waals surface area contributed by atoms with E-state index in [0.717, 1.165) is 15.6 Å². The van der Waals surface area contributed by atoms with Gasteiger partial charge in [0.25, 0.3) is 0 Å². The summed E-state index contributed by atoms with van der Waals surface area (Å²) in [6.45, 7) is 0.105. The number of aliphatic carboxylic acids is 1. The van der Waals surface area contributed by atoms with Crippen molar-refractivity contribution in [2.45, 2.75) is 35.1 Å². The van der Waals surface area contributed by atoms with Crippen LogP contribution in [0.15, 0.2) is 93.1 Å². The quantitative estimate of drug-likeness (QED) is 0.278. The summed E-state index contributed by atoms with van der Waals surface area (Å²) in [7, 11) is -7.71. The summed E-state index contributed by atoms with van der Waals surface area (Å²) in [5.74, 6) is -1.30. The first-order chi connectivity index (χ1) is 16.6. The number of carboxylic acid groups (broad SMARTS) is 1. The molecule has 0 aliphatic rings. The monoisotopic (exact) mass is 580 g/mol. The number of carboxylic acids is 1. The topological polar surface area (TPSA) is 130 Å². The molecule has 3 rings (SSSR count). The van der Waals surface area contributed by atoms with E-state index in [1.54, 1.807) is 30.3 Å². The number of sulfonamides is 2. The molecule has 0 fully saturated rings. The molecule has 186 valence electrons. The second-order valence-electron chi connectivity index (χ2n) is 7.75. The molecule has 3 aromatic rings. The summed E-state index contributed by atoms with van der Waals surface area (Å²) in [5, 5.41) is 9.49. The van der Waals surface area contributed by atoms with Gasteiger partial charge in [-0.15, -0.1) is 0 Å². The van der Waals surface area contributed by atoms with Gasteiger partial charge in [0.15, 0.2) is 0 Å². The van der Waals surface area contributed by atoms with Gasteiger partial charge in [0.2, 0.25) is 20.0 Å². The molecule has 1 atom stereocenters. The molecule has 3 aromatic carbocycles. The molecule has 0 saturated heterocycles. The molecule has 11 heteroatoms. The van der Waals surface area contributed by atoms with Gasteiger partial charge in [-0.1, -0.05) is 58.4 Å². The number of hydrogen-bond acceptors (Lipinski definition) is 5. The molecular weight excluding hydrogens is 556 g/mol. The van der Waals surface area contributed by atoms with Crippen LogP contribution in [0.2, 0.25) is 0 Å². The number of nitrogens with one attached hydrogen (secondary N) is 2. The Hall–Kier alpha value is -2.57. The van der Waals surface area contributed by atoms with Crippen LogP contribution in [0.25, 0.3) is 11.1 Å². The van der Waals surface area contributed by atoms with Crippen LogP contribution in [0, 0.1) is 0 Å². The largest absolute Gasteiger partial charge is 0.480 e. The summed E-state index contributed by atoms with van der Waals surface area (Å²) < 4.78 is 55.5. The average molecular weight is 582 g/mol. The minimum atomic E-state index is -4.06. The third-order valence-electron chi connectivity index (χ3n) is 5.20. The second-order valence-corrected chi connectivity index (χ2v) is 12.1. The number of rotatable bonds is 12. The highest BCUT2D eigenvalue weighted by atomic mass is 79.9. The van der Waals surface area contributed by atoms with E-state index in [2.05, 4.69) is 25.4 Å². The smallest absolute Gasteiger partial charge is 0.321 e. The molecule has 0 spiro atoms. The van der Waals surface area contributed by atoms with Gasteiger partial charge >= 0.3 is 5.97 Å². The molecule has 0 saturated carbocycles. The summed E-state index contributed by atoms with van der Waals surface area (Å²) in [6.07, 6.45) is 0.664. The Bertz CT molecular complexity index is 1350. The molecule has 0 aliphatic heterocycles. The van der Waals surface area contributed by atoms with Gasteiger partial charge in [0, 0.05) is 11.0 Å². The van der Waals surface area contributed by atoms with Crippen LogP contribution in [0.3, 0.4) is 0 Å². The predicted octanol–water partition coefficient (Wildman–Crippen LogP) is 4.00. The Balaban J connectivity index is 1.55. The Morgan fingerprint density at radius 2 is 1.31 bits per heavy atom. The van der Waals surface area contributed by atoms with Crippen LogP contribution < -0.4 is 9.44 Å². The van der Waals surface area contributed by atoms with Crippen molar-refractivity contribution in [2.24, 2.45) is 0 Å². The van der Waals surface area contributed by atoms with Crippen molar-refractivity contribution in [2.75, 3.05) is 6.54 Å². The zero-order valence-electron chi connectivity index (χ0n) is 18.6. The molecule has 3 N–H and O–H groups in total. The maximum Gasteiger partial charge on any atom is 0.321 e. The van der Waals surface area contributed by atoms with E-state index < -0.39 is 32.1 Å². The lowest BCUT2D eigenvalue weighted by Crippen LogP contribution is -2.40. The zero-order chi connectivity index (χ0) is 25.5. The molecule has 0 amide bonds. The first-order valence-electron chi connectivity index (χ1n) is 10.7. The number of hydrogen-bond donors (Lipinski definition) is 3. The van der Waals surface area contributed by atoms with Crippen molar-refractivity contribution in [1.29, 1.82) is 0 Å². The van der Waals surface area contributed by atoms with Gasteiger partial charge < -0.3 is 5.11 Å². The Morgan fingerprint density at radius 1 is 0.771 bits per heavy atom. The molecule has 0 bridgehead atoms. The normalized spacial score (nSPS) is 12.8. The highest BCUT2D eigenvalue weighted by Gasteiger charge is 2.25. The van der Waals surface area contributed by atoms with Crippen LogP contribution in [-0.2, 0) is 24.8 Å². The fraction of sp³-hybridized carbons (Fsp3) is 0.208. The molecule has 0 aliphatic carbocycles. The van der Waals surface area contributed by atoms with Crippen molar-refractivity contribution in [1.82, 2.24) is 9.44 Å². The summed E-state index contributed by atoms with van der Waals surface area (Å²) in [5.41, 5.74) is 1.74. The van der Waals surface area contributed by atoms with E-state index >= 15 is 0 Å². The Kier molecular flexibility index (Phi) is 9.20. The Labute approximate surface area is 213 Å². The van der Waals surface area contributed by atoms with Gasteiger partial charge in [-0.05, 0) is 66.8 Å². The number of halogens is 1. The minimum absolute atomic E-state index is 0.0125. The van der Waals surface area contributed by atoms with Crippen LogP contribution in [0.4, 0.5) is 0 Å². The van der Waals surface area contributed by atoms with Crippen molar-refractivity contribution in [3.8, 4) is 11.1 Å². The fourth-order valence-corrected chi connectivity index (χ4v) is 5.90. The Morgan fingerprint density at radius 3 is 1.89 bits per heavy atom. The number of unbranched alkanes of at least 4 members (excludes halogenated alkanes) is 1. The van der Waals surface area contributed by atoms with E-state index in [4.69, 9.17) is 0 Å². The molecule has 0 heterocycles. The number of benzene rings is 3. The summed E-state index contributed by atoms with van der Waals surface area (Å²) >= 11 is 3.37. The van der Waals surface area contributed by atoms with Crippen LogP contribution in [-0.4, -0.2) is 40.5 Å². The minimum Gasteiger partial charge on any atom is -0.480 e. The maximum absolute atomic E-state index is 12.7. The van der Waals surface area contributed by atoms with E-state index in [1.807, 2.05) is 24.3 Å². The van der Waals surface area contributed by atoms with E-state index in [0.29, 0.717) is 12.8 Å². The SMILES string of the molecule is O=C(O)C(CCCCNS(=O)(=O)c1ccccc1)NS(=O)(=O)c1ccc(-c2ccc(Br)cc2)cc1. The van der Waals surface area contributed by atoms with Gasteiger partial charge in [-0.2, -0.15) is 4.72 Å². The number of carbonyl (C=O) groups is 1. The van der Waals surface area contributed by atoms with Crippen molar-refractivity contribution >= 4 is 41.9 Å². The van der Waals surface area contributed by atoms with Gasteiger partial charge in [-0.3, -0.25) is 4.79 Å². The van der Waals surface area contributed by atoms with Crippen LogP contribution >= 0.6 is 15.9 Å². The van der Waals surface area contributed by atoms with Gasteiger partial charge in [0.05, 0.1) is 9.79 Å². The summed E-state index contributed by atoms with van der Waals surface area (Å²) in [6, 6.07) is 20.3. The zero-order valence-corrected chi connectivity index (χ0v) is 21.8. The van der Waals surface area contributed by atoms with Gasteiger partial charge in [0.1, 0.15) is 6.04 Å². The van der Waals surface area contributed by atoms with E-state index in [-0.39, 0.29) is 22.8 Å². The van der Waals surface area contributed by atoms with Crippen LogP contribution in [0.5, 0.6) is 0 Å². The highest BCUT2D eigenvalue weighted by molar-refractivity contribution is 9.10. The molecule has 0 aromatic heterocycles. The van der Waals surface area contributed by atoms with Crippen molar-refractivity contribution < 1.29 is 26.7 Å². The third-order valence-corrected chi connectivity index (χ3v) is 8.70. The molecule has 1 unspecified atom stereocenters. The van der Waals surface area contributed by atoms with E-state index in [9.17, 15) is 26.7 Å². The van der Waals surface area contributed by atoms with E-state index in [1.165, 1.54) is 24.3 Å². The summed E-state index contributed by atoms with van der Waals surface area (Å²) in [4.78, 5) is 11.7. The predicted molar refractivity (Wildman–Crippen MR) is 137 cm³/mol. The first-order valence-corrected chi connectivity index (χ1v) is 14.5. The second kappa shape index (κ2) is 11.9. The molecular formula is C24H25BrN2O6S2. The fourth-order valence-electron chi connectivity index (χ4n) is 3.32. The average Bonchev–Trinajstić information content (AvgIpc) is 2.84. The van der Waals surface area contributed by atoms with Crippen molar-refractivity contribution in [3.63, 3.8) is 0 Å². The lowest BCUT2D eigenvalue weighted by molar-refractivity contribution is -0.139. The lowest BCUT2D eigenvalue weighted by Gasteiger charge is -2.15. The van der Waals surface area contributed by atoms with Crippen LogP contribution in [0.1, 0.15) is 19.3 Å². The highest BCUT2D eigenvalue weighted by Crippen LogP contribution is 2.23. The molecule has 35 heavy (non-hydrogen) atoms. The van der Waals surface area contributed by atoms with Crippen molar-refractivity contribution in [3.05, 3.63) is 83.3 Å². The van der Waals surface area contributed by atoms with Gasteiger partial charge in [-0.25, -0.2) is 21.6 Å². The third kappa shape index (κ3) is 7.71.